The summed E-state index contributed by atoms with van der Waals surface area (Å²) in [6.45, 7) is 4.00. The van der Waals surface area contributed by atoms with Crippen LogP contribution in [0.3, 0.4) is 0 Å². The zero-order chi connectivity index (χ0) is 37.5. The SMILES string of the molecule is CCCCCC/C=C\CCCCCCCCC(O)C(=O)NC(CO)C(O)C(O)CCC/C=C/CC/C=C/CC/C=C/CCCCCCCCCC. The lowest BCUT2D eigenvalue weighted by Crippen LogP contribution is -2.53. The van der Waals surface area contributed by atoms with Crippen LogP contribution in [0.4, 0.5) is 0 Å². The molecule has 0 aromatic carbocycles. The van der Waals surface area contributed by atoms with Crippen LogP contribution >= 0.6 is 0 Å². The summed E-state index contributed by atoms with van der Waals surface area (Å²) in [6, 6.07) is -1.01. The van der Waals surface area contributed by atoms with E-state index in [1.807, 2.05) is 0 Å². The topological polar surface area (TPSA) is 110 Å². The van der Waals surface area contributed by atoms with E-state index in [2.05, 4.69) is 67.8 Å². The number of unbranched alkanes of at least 4 members (excludes halogenated alkanes) is 21. The second kappa shape index (κ2) is 39.5. The zero-order valence-corrected chi connectivity index (χ0v) is 33.3. The van der Waals surface area contributed by atoms with Gasteiger partial charge in [-0.15, -0.1) is 0 Å². The Labute approximate surface area is 315 Å². The van der Waals surface area contributed by atoms with Crippen LogP contribution in [0.2, 0.25) is 0 Å². The van der Waals surface area contributed by atoms with Crippen LogP contribution in [-0.4, -0.2) is 57.3 Å². The molecule has 0 radical (unpaired) electrons. The molecular weight excluding hydrogens is 634 g/mol. The number of aliphatic hydroxyl groups is 4. The van der Waals surface area contributed by atoms with Crippen LogP contribution in [0, 0.1) is 0 Å². The molecule has 0 rings (SSSR count). The molecule has 51 heavy (non-hydrogen) atoms. The molecule has 4 unspecified atom stereocenters. The van der Waals surface area contributed by atoms with E-state index in [0.717, 1.165) is 64.2 Å². The summed E-state index contributed by atoms with van der Waals surface area (Å²) in [5, 5.41) is 43.6. The third kappa shape index (κ3) is 33.8. The van der Waals surface area contributed by atoms with Crippen molar-refractivity contribution in [2.75, 3.05) is 6.61 Å². The molecule has 0 fully saturated rings. The van der Waals surface area contributed by atoms with Crippen molar-refractivity contribution in [2.24, 2.45) is 0 Å². The molecular formula is C45H83NO5. The van der Waals surface area contributed by atoms with E-state index >= 15 is 0 Å². The van der Waals surface area contributed by atoms with E-state index in [-0.39, 0.29) is 0 Å². The van der Waals surface area contributed by atoms with E-state index in [4.69, 9.17) is 0 Å². The molecule has 0 aliphatic heterocycles. The summed E-state index contributed by atoms with van der Waals surface area (Å²) >= 11 is 0. The molecule has 0 saturated heterocycles. The molecule has 5 N–H and O–H groups in total. The van der Waals surface area contributed by atoms with Gasteiger partial charge in [-0.05, 0) is 89.9 Å². The molecule has 6 heteroatoms. The Balaban J connectivity index is 3.86. The summed E-state index contributed by atoms with van der Waals surface area (Å²) in [4.78, 5) is 12.5. The van der Waals surface area contributed by atoms with Gasteiger partial charge in [0.05, 0.1) is 18.8 Å². The van der Waals surface area contributed by atoms with Crippen molar-refractivity contribution >= 4 is 5.91 Å². The van der Waals surface area contributed by atoms with Gasteiger partial charge in [-0.3, -0.25) is 4.79 Å². The number of aliphatic hydroxyl groups excluding tert-OH is 4. The predicted molar refractivity (Wildman–Crippen MR) is 219 cm³/mol. The summed E-state index contributed by atoms with van der Waals surface area (Å²) in [7, 11) is 0. The Morgan fingerprint density at radius 2 is 0.824 bits per heavy atom. The van der Waals surface area contributed by atoms with Gasteiger partial charge in [0.25, 0.3) is 0 Å². The lowest BCUT2D eigenvalue weighted by atomic mass is 10.00. The van der Waals surface area contributed by atoms with E-state index < -0.39 is 36.9 Å². The first-order valence-corrected chi connectivity index (χ1v) is 21.5. The summed E-state index contributed by atoms with van der Waals surface area (Å²) in [6.07, 6.45) is 47.1. The lowest BCUT2D eigenvalue weighted by Gasteiger charge is -2.27. The van der Waals surface area contributed by atoms with Crippen molar-refractivity contribution in [3.05, 3.63) is 48.6 Å². The van der Waals surface area contributed by atoms with Crippen molar-refractivity contribution in [3.8, 4) is 0 Å². The Morgan fingerprint density at radius 1 is 0.471 bits per heavy atom. The van der Waals surface area contributed by atoms with Gasteiger partial charge in [0, 0.05) is 0 Å². The average Bonchev–Trinajstić information content (AvgIpc) is 3.13. The monoisotopic (exact) mass is 718 g/mol. The third-order valence-corrected chi connectivity index (χ3v) is 9.72. The maximum atomic E-state index is 12.5. The summed E-state index contributed by atoms with van der Waals surface area (Å²) in [5.74, 6) is -0.607. The standard InChI is InChI=1S/C45H83NO5/c1-3-5-7-9-11-13-15-17-19-20-21-22-23-24-25-27-28-30-32-34-36-38-42(48)44(50)41(40-47)46-45(51)43(49)39-37-35-33-31-29-26-18-16-14-12-10-8-6-4-2/h14,16,20-21,24-25,30,32,41-44,47-50H,3-13,15,17-19,22-23,26-29,31,33-40H2,1-2H3,(H,46,51)/b16-14-,21-20+,25-24+,32-30+. The molecule has 0 bridgehead atoms. The zero-order valence-electron chi connectivity index (χ0n) is 33.3. The molecule has 0 aliphatic carbocycles. The first kappa shape index (κ1) is 49.3. The van der Waals surface area contributed by atoms with Crippen LogP contribution in [-0.2, 0) is 4.79 Å². The largest absolute Gasteiger partial charge is 0.394 e. The minimum absolute atomic E-state index is 0.350. The van der Waals surface area contributed by atoms with Crippen LogP contribution in [0.25, 0.3) is 0 Å². The maximum Gasteiger partial charge on any atom is 0.249 e. The fourth-order valence-electron chi connectivity index (χ4n) is 6.25. The number of hydrogen-bond acceptors (Lipinski definition) is 5. The van der Waals surface area contributed by atoms with Crippen LogP contribution in [0.15, 0.2) is 48.6 Å². The Bertz CT molecular complexity index is 854. The van der Waals surface area contributed by atoms with E-state index in [0.29, 0.717) is 19.3 Å². The van der Waals surface area contributed by atoms with Crippen LogP contribution in [0.5, 0.6) is 0 Å². The van der Waals surface area contributed by atoms with Gasteiger partial charge in [0.2, 0.25) is 5.91 Å². The highest BCUT2D eigenvalue weighted by Gasteiger charge is 2.28. The normalized spacial score (nSPS) is 14.7. The molecule has 0 aromatic rings. The second-order valence-electron chi connectivity index (χ2n) is 14.7. The molecule has 0 aliphatic rings. The molecule has 0 spiro atoms. The first-order valence-electron chi connectivity index (χ1n) is 21.5. The molecule has 0 saturated carbocycles. The highest BCUT2D eigenvalue weighted by atomic mass is 16.3. The number of hydrogen-bond donors (Lipinski definition) is 5. The van der Waals surface area contributed by atoms with Gasteiger partial charge in [0.1, 0.15) is 12.2 Å². The predicted octanol–water partition coefficient (Wildman–Crippen LogP) is 11.1. The number of carbonyl (C=O) groups is 1. The molecule has 298 valence electrons. The Morgan fingerprint density at radius 3 is 1.25 bits per heavy atom. The van der Waals surface area contributed by atoms with Gasteiger partial charge in [0.15, 0.2) is 0 Å². The number of allylic oxidation sites excluding steroid dienone is 8. The minimum Gasteiger partial charge on any atom is -0.394 e. The first-order chi connectivity index (χ1) is 25.0. The molecule has 1 amide bonds. The average molecular weight is 718 g/mol. The van der Waals surface area contributed by atoms with Crippen molar-refractivity contribution in [2.45, 2.75) is 224 Å². The van der Waals surface area contributed by atoms with E-state index in [1.165, 1.54) is 103 Å². The molecule has 0 aromatic heterocycles. The Kier molecular flexibility index (Phi) is 38.1. The number of rotatable bonds is 38. The number of nitrogens with one attached hydrogen (secondary N) is 1. The highest BCUT2D eigenvalue weighted by Crippen LogP contribution is 2.14. The molecule has 0 heterocycles. The molecule has 4 atom stereocenters. The maximum absolute atomic E-state index is 12.5. The van der Waals surface area contributed by atoms with Gasteiger partial charge >= 0.3 is 0 Å². The van der Waals surface area contributed by atoms with Gasteiger partial charge < -0.3 is 25.7 Å². The van der Waals surface area contributed by atoms with Crippen molar-refractivity contribution in [3.63, 3.8) is 0 Å². The fraction of sp³-hybridized carbons (Fsp3) is 0.800. The second-order valence-corrected chi connectivity index (χ2v) is 14.7. The van der Waals surface area contributed by atoms with Crippen LogP contribution in [0.1, 0.15) is 200 Å². The van der Waals surface area contributed by atoms with Crippen molar-refractivity contribution in [1.82, 2.24) is 5.32 Å². The minimum atomic E-state index is -1.30. The van der Waals surface area contributed by atoms with Gasteiger partial charge in [-0.25, -0.2) is 0 Å². The third-order valence-electron chi connectivity index (χ3n) is 9.72. The lowest BCUT2D eigenvalue weighted by molar-refractivity contribution is -0.132. The number of amides is 1. The molecule has 6 nitrogen and oxygen atoms in total. The van der Waals surface area contributed by atoms with E-state index in [9.17, 15) is 25.2 Å². The van der Waals surface area contributed by atoms with Crippen molar-refractivity contribution in [1.29, 1.82) is 0 Å². The smallest absolute Gasteiger partial charge is 0.249 e. The quantitative estimate of drug-likeness (QED) is 0.0323. The Hall–Kier alpha value is -1.73. The highest BCUT2D eigenvalue weighted by molar-refractivity contribution is 5.80. The fourth-order valence-corrected chi connectivity index (χ4v) is 6.25. The summed E-state index contributed by atoms with van der Waals surface area (Å²) < 4.78 is 0. The van der Waals surface area contributed by atoms with Crippen LogP contribution < -0.4 is 5.32 Å². The van der Waals surface area contributed by atoms with Gasteiger partial charge in [-0.2, -0.15) is 0 Å². The van der Waals surface area contributed by atoms with E-state index in [1.54, 1.807) is 0 Å². The van der Waals surface area contributed by atoms with Gasteiger partial charge in [-0.1, -0.05) is 159 Å². The summed E-state index contributed by atoms with van der Waals surface area (Å²) in [5.41, 5.74) is 0. The number of carbonyl (C=O) groups excluding carboxylic acids is 1. The van der Waals surface area contributed by atoms with Crippen molar-refractivity contribution < 1.29 is 25.2 Å².